The quantitative estimate of drug-likeness (QED) is 0.544. The molecule has 0 fully saturated rings. The molecule has 0 bridgehead atoms. The normalized spacial score (nSPS) is 10.0. The average Bonchev–Trinajstić information content (AvgIpc) is 2.43. The van der Waals surface area contributed by atoms with Crippen LogP contribution in [0.4, 0.5) is 0 Å². The van der Waals surface area contributed by atoms with Crippen molar-refractivity contribution in [2.75, 3.05) is 7.11 Å². The first kappa shape index (κ1) is 18.4. The summed E-state index contributed by atoms with van der Waals surface area (Å²) in [6.45, 7) is 3.86. The molecule has 120 valence electrons. The Morgan fingerprint density at radius 3 is 2.55 bits per heavy atom. The Labute approximate surface area is 143 Å². The van der Waals surface area contributed by atoms with E-state index in [1.807, 2.05) is 13.8 Å². The number of nitrogens with one attached hydrogen (secondary N) is 3. The second-order valence-electron chi connectivity index (χ2n) is 4.90. The van der Waals surface area contributed by atoms with Gasteiger partial charge in [0.1, 0.15) is 5.75 Å². The summed E-state index contributed by atoms with van der Waals surface area (Å²) in [5.74, 6) is 0.271. The van der Waals surface area contributed by atoms with E-state index in [2.05, 4.69) is 32.1 Å². The maximum absolute atomic E-state index is 12.0. The van der Waals surface area contributed by atoms with Crippen LogP contribution in [0.25, 0.3) is 0 Å². The second-order valence-corrected chi connectivity index (χ2v) is 6.17. The molecule has 0 heterocycles. The van der Waals surface area contributed by atoms with Gasteiger partial charge in [0.2, 0.25) is 5.91 Å². The summed E-state index contributed by atoms with van der Waals surface area (Å²) in [5, 5.41) is 2.53. The summed E-state index contributed by atoms with van der Waals surface area (Å²) < 4.78 is 5.75. The monoisotopic (exact) mass is 387 g/mol. The molecule has 0 atom stereocenters. The van der Waals surface area contributed by atoms with Gasteiger partial charge in [-0.2, -0.15) is 0 Å². The molecular formula is C14H18BrN3O3S. The first-order valence-corrected chi connectivity index (χ1v) is 7.77. The van der Waals surface area contributed by atoms with Crippen LogP contribution >= 0.6 is 28.1 Å². The minimum Gasteiger partial charge on any atom is -0.496 e. The Balaban J connectivity index is 2.50. The third-order valence-corrected chi connectivity index (χ3v) is 3.37. The van der Waals surface area contributed by atoms with Crippen LogP contribution in [-0.2, 0) is 4.79 Å². The van der Waals surface area contributed by atoms with Crippen molar-refractivity contribution in [2.24, 2.45) is 5.92 Å². The van der Waals surface area contributed by atoms with Gasteiger partial charge in [-0.1, -0.05) is 13.8 Å². The van der Waals surface area contributed by atoms with Gasteiger partial charge in [-0.3, -0.25) is 20.4 Å². The van der Waals surface area contributed by atoms with Gasteiger partial charge in [0.25, 0.3) is 5.91 Å². The molecule has 1 rings (SSSR count). The molecule has 0 aromatic heterocycles. The van der Waals surface area contributed by atoms with Crippen LogP contribution in [0, 0.1) is 5.92 Å². The summed E-state index contributed by atoms with van der Waals surface area (Å²) in [7, 11) is 1.54. The van der Waals surface area contributed by atoms with Gasteiger partial charge in [0, 0.05) is 12.0 Å². The smallest absolute Gasteiger partial charge is 0.269 e. The molecule has 8 heteroatoms. The summed E-state index contributed by atoms with van der Waals surface area (Å²) in [6, 6.07) is 4.90. The first-order valence-electron chi connectivity index (χ1n) is 6.57. The fraction of sp³-hybridized carbons (Fsp3) is 0.357. The lowest BCUT2D eigenvalue weighted by molar-refractivity contribution is -0.120. The highest BCUT2D eigenvalue weighted by atomic mass is 79.9. The fourth-order valence-electron chi connectivity index (χ4n) is 1.57. The number of ether oxygens (including phenoxy) is 1. The molecule has 0 saturated heterocycles. The molecule has 0 unspecified atom stereocenters. The Kier molecular flexibility index (Phi) is 7.26. The lowest BCUT2D eigenvalue weighted by Crippen LogP contribution is -2.48. The number of methoxy groups -OCH3 is 1. The van der Waals surface area contributed by atoms with Crippen LogP contribution in [0.15, 0.2) is 22.7 Å². The molecule has 0 spiro atoms. The van der Waals surface area contributed by atoms with E-state index < -0.39 is 0 Å². The number of hydrazine groups is 1. The number of benzene rings is 1. The van der Waals surface area contributed by atoms with Gasteiger partial charge in [-0.15, -0.1) is 0 Å². The number of hydrogen-bond donors (Lipinski definition) is 3. The number of rotatable bonds is 4. The molecule has 1 aromatic rings. The van der Waals surface area contributed by atoms with E-state index in [4.69, 9.17) is 17.0 Å². The zero-order valence-corrected chi connectivity index (χ0v) is 14.9. The van der Waals surface area contributed by atoms with Crippen molar-refractivity contribution in [3.05, 3.63) is 28.2 Å². The van der Waals surface area contributed by atoms with E-state index in [0.717, 1.165) is 0 Å². The van der Waals surface area contributed by atoms with Crippen LogP contribution in [0.1, 0.15) is 30.6 Å². The lowest BCUT2D eigenvalue weighted by Gasteiger charge is -2.12. The Morgan fingerprint density at radius 2 is 2.00 bits per heavy atom. The van der Waals surface area contributed by atoms with Crippen LogP contribution in [0.5, 0.6) is 5.75 Å². The molecule has 6 nitrogen and oxygen atoms in total. The van der Waals surface area contributed by atoms with Gasteiger partial charge in [0.15, 0.2) is 5.11 Å². The van der Waals surface area contributed by atoms with Gasteiger partial charge in [-0.05, 0) is 52.3 Å². The van der Waals surface area contributed by atoms with Crippen molar-refractivity contribution in [3.63, 3.8) is 0 Å². The zero-order chi connectivity index (χ0) is 16.7. The fourth-order valence-corrected chi connectivity index (χ4v) is 2.28. The summed E-state index contributed by atoms with van der Waals surface area (Å²) in [5.41, 5.74) is 5.32. The molecule has 2 amide bonds. The molecule has 0 aliphatic rings. The van der Waals surface area contributed by atoms with Crippen LogP contribution < -0.4 is 20.9 Å². The summed E-state index contributed by atoms with van der Waals surface area (Å²) in [4.78, 5) is 23.5. The molecule has 0 radical (unpaired) electrons. The number of amides is 2. The molecule has 3 N–H and O–H groups in total. The summed E-state index contributed by atoms with van der Waals surface area (Å²) >= 11 is 8.23. The number of carbonyl (C=O) groups excluding carboxylic acids is 2. The minimum absolute atomic E-state index is 0.0478. The Hall–Kier alpha value is -1.67. The predicted molar refractivity (Wildman–Crippen MR) is 91.5 cm³/mol. The number of carbonyl (C=O) groups is 2. The number of thiocarbonyl (C=S) groups is 1. The molecule has 1 aromatic carbocycles. The average molecular weight is 388 g/mol. The van der Waals surface area contributed by atoms with E-state index in [-0.39, 0.29) is 22.8 Å². The van der Waals surface area contributed by atoms with Gasteiger partial charge >= 0.3 is 0 Å². The highest BCUT2D eigenvalue weighted by Gasteiger charge is 2.10. The van der Waals surface area contributed by atoms with Crippen LogP contribution in [-0.4, -0.2) is 24.0 Å². The van der Waals surface area contributed by atoms with Crippen molar-refractivity contribution in [2.45, 2.75) is 20.3 Å². The third-order valence-electron chi connectivity index (χ3n) is 2.55. The maximum Gasteiger partial charge on any atom is 0.269 e. The highest BCUT2D eigenvalue weighted by Crippen LogP contribution is 2.25. The third kappa shape index (κ3) is 5.98. The van der Waals surface area contributed by atoms with Crippen molar-refractivity contribution < 1.29 is 14.3 Å². The maximum atomic E-state index is 12.0. The molecular weight excluding hydrogens is 370 g/mol. The number of halogens is 1. The summed E-state index contributed by atoms with van der Waals surface area (Å²) in [6.07, 6.45) is 0.362. The highest BCUT2D eigenvalue weighted by molar-refractivity contribution is 9.10. The Morgan fingerprint density at radius 1 is 1.32 bits per heavy atom. The molecule has 0 saturated carbocycles. The molecule has 0 aliphatic carbocycles. The van der Waals surface area contributed by atoms with E-state index in [0.29, 0.717) is 22.2 Å². The van der Waals surface area contributed by atoms with Crippen LogP contribution in [0.2, 0.25) is 0 Å². The minimum atomic E-state index is -0.385. The van der Waals surface area contributed by atoms with E-state index in [1.54, 1.807) is 25.3 Å². The molecule has 22 heavy (non-hydrogen) atoms. The predicted octanol–water partition coefficient (Wildman–Crippen LogP) is 2.14. The van der Waals surface area contributed by atoms with E-state index in [1.165, 1.54) is 0 Å². The Bertz CT molecular complexity index is 578. The number of hydrogen-bond acceptors (Lipinski definition) is 4. The first-order chi connectivity index (χ1) is 10.3. The van der Waals surface area contributed by atoms with Crippen molar-refractivity contribution in [3.8, 4) is 5.75 Å². The lowest BCUT2D eigenvalue weighted by atomic mass is 10.1. The van der Waals surface area contributed by atoms with Gasteiger partial charge in [0.05, 0.1) is 11.6 Å². The van der Waals surface area contributed by atoms with Crippen molar-refractivity contribution in [1.29, 1.82) is 0 Å². The van der Waals surface area contributed by atoms with Crippen molar-refractivity contribution in [1.82, 2.24) is 16.2 Å². The second kappa shape index (κ2) is 8.70. The zero-order valence-electron chi connectivity index (χ0n) is 12.5. The van der Waals surface area contributed by atoms with E-state index in [9.17, 15) is 9.59 Å². The van der Waals surface area contributed by atoms with E-state index >= 15 is 0 Å². The largest absolute Gasteiger partial charge is 0.496 e. The SMILES string of the molecule is COc1ccc(C(=O)NNC(=S)NC(=O)CC(C)C)cc1Br. The topological polar surface area (TPSA) is 79.5 Å². The molecule has 0 aliphatic heterocycles. The van der Waals surface area contributed by atoms with Crippen LogP contribution in [0.3, 0.4) is 0 Å². The van der Waals surface area contributed by atoms with Gasteiger partial charge < -0.3 is 10.1 Å². The van der Waals surface area contributed by atoms with Crippen molar-refractivity contribution >= 4 is 45.1 Å². The standard InChI is InChI=1S/C14H18BrN3O3S/c1-8(2)6-12(19)16-14(22)18-17-13(20)9-4-5-11(21-3)10(15)7-9/h4-5,7-8H,6H2,1-3H3,(H,17,20)(H2,16,18,19,22). The van der Waals surface area contributed by atoms with Gasteiger partial charge in [-0.25, -0.2) is 0 Å².